The fourth-order valence-corrected chi connectivity index (χ4v) is 2.22. The maximum absolute atomic E-state index is 12.0. The minimum atomic E-state index is -0.0196. The van der Waals surface area contributed by atoms with Crippen molar-refractivity contribution in [1.29, 1.82) is 5.26 Å². The Morgan fingerprint density at radius 2 is 2.39 bits per heavy atom. The number of piperidine rings is 1. The molecule has 0 unspecified atom stereocenters. The lowest BCUT2D eigenvalue weighted by atomic mass is 9.99. The lowest BCUT2D eigenvalue weighted by molar-refractivity contribution is -0.120. The lowest BCUT2D eigenvalue weighted by Gasteiger charge is -2.22. The summed E-state index contributed by atoms with van der Waals surface area (Å²) in [5, 5.41) is 15.1. The molecule has 0 aromatic heterocycles. The molecule has 2 N–H and O–H groups in total. The van der Waals surface area contributed by atoms with Gasteiger partial charge in [-0.25, -0.2) is 0 Å². The van der Waals surface area contributed by atoms with Gasteiger partial charge in [-0.2, -0.15) is 5.26 Å². The van der Waals surface area contributed by atoms with Crippen molar-refractivity contribution in [3.63, 3.8) is 0 Å². The molecule has 18 heavy (non-hydrogen) atoms. The Balaban J connectivity index is 2.04. The van der Waals surface area contributed by atoms with E-state index in [2.05, 4.69) is 10.6 Å². The first-order valence-corrected chi connectivity index (χ1v) is 6.29. The van der Waals surface area contributed by atoms with Crippen LogP contribution in [-0.2, 0) is 4.79 Å². The molecule has 94 valence electrons. The average Bonchev–Trinajstić information content (AvgIpc) is 2.42. The molecule has 0 spiro atoms. The highest BCUT2D eigenvalue weighted by Crippen LogP contribution is 2.24. The first-order valence-electron chi connectivity index (χ1n) is 5.92. The molecule has 5 heteroatoms. The highest BCUT2D eigenvalue weighted by atomic mass is 35.5. The van der Waals surface area contributed by atoms with Crippen LogP contribution in [0.2, 0.25) is 5.02 Å². The number of halogens is 1. The van der Waals surface area contributed by atoms with Crippen molar-refractivity contribution in [2.45, 2.75) is 12.8 Å². The molecular weight excluding hydrogens is 250 g/mol. The third-order valence-electron chi connectivity index (χ3n) is 3.02. The zero-order valence-corrected chi connectivity index (χ0v) is 10.6. The van der Waals surface area contributed by atoms with E-state index < -0.39 is 0 Å². The fraction of sp³-hybridized carbons (Fsp3) is 0.385. The minimum Gasteiger partial charge on any atom is -0.324 e. The number of nitrogens with zero attached hydrogens (tertiary/aromatic N) is 1. The topological polar surface area (TPSA) is 64.9 Å². The number of hydrogen-bond donors (Lipinski definition) is 2. The molecular formula is C13H14ClN3O. The van der Waals surface area contributed by atoms with Crippen molar-refractivity contribution in [3.8, 4) is 6.07 Å². The van der Waals surface area contributed by atoms with Crippen LogP contribution in [0, 0.1) is 17.2 Å². The van der Waals surface area contributed by atoms with Gasteiger partial charge in [-0.3, -0.25) is 4.79 Å². The zero-order chi connectivity index (χ0) is 13.0. The summed E-state index contributed by atoms with van der Waals surface area (Å²) in [5.74, 6) is -0.0285. The number of benzene rings is 1. The van der Waals surface area contributed by atoms with Crippen LogP contribution in [0.15, 0.2) is 18.2 Å². The van der Waals surface area contributed by atoms with Gasteiger partial charge in [0, 0.05) is 6.54 Å². The van der Waals surface area contributed by atoms with Crippen LogP contribution < -0.4 is 10.6 Å². The Bertz CT molecular complexity index is 489. The van der Waals surface area contributed by atoms with Crippen LogP contribution in [0.5, 0.6) is 0 Å². The average molecular weight is 264 g/mol. The Morgan fingerprint density at radius 1 is 1.56 bits per heavy atom. The van der Waals surface area contributed by atoms with E-state index in [0.717, 1.165) is 19.4 Å². The normalized spacial score (nSPS) is 19.0. The van der Waals surface area contributed by atoms with Crippen LogP contribution in [0.4, 0.5) is 5.69 Å². The number of amides is 1. The standard InChI is InChI=1S/C13H14ClN3O/c14-11-6-9(7-15)3-4-12(11)17-13(18)10-2-1-5-16-8-10/h3-4,6,10,16H,1-2,5,8H2,(H,17,18)/t10-/m1/s1. The van der Waals surface area contributed by atoms with E-state index in [-0.39, 0.29) is 11.8 Å². The van der Waals surface area contributed by atoms with Gasteiger partial charge in [0.25, 0.3) is 0 Å². The number of hydrogen-bond acceptors (Lipinski definition) is 3. The first-order chi connectivity index (χ1) is 8.70. The van der Waals surface area contributed by atoms with Crippen LogP contribution in [0.1, 0.15) is 18.4 Å². The first kappa shape index (κ1) is 12.9. The van der Waals surface area contributed by atoms with Crippen LogP contribution in [-0.4, -0.2) is 19.0 Å². The summed E-state index contributed by atoms with van der Waals surface area (Å²) in [6, 6.07) is 6.86. The fourth-order valence-electron chi connectivity index (χ4n) is 2.00. The van der Waals surface area contributed by atoms with Gasteiger partial charge in [0.1, 0.15) is 0 Å². The van der Waals surface area contributed by atoms with Crippen molar-refractivity contribution in [3.05, 3.63) is 28.8 Å². The van der Waals surface area contributed by atoms with Gasteiger partial charge in [0.05, 0.1) is 28.3 Å². The molecule has 0 radical (unpaired) electrons. The molecule has 1 saturated heterocycles. The SMILES string of the molecule is N#Cc1ccc(NC(=O)[C@@H]2CCCNC2)c(Cl)c1. The number of rotatable bonds is 2. The molecule has 1 aliphatic rings. The summed E-state index contributed by atoms with van der Waals surface area (Å²) in [6.07, 6.45) is 1.91. The van der Waals surface area contributed by atoms with Gasteiger partial charge in [-0.15, -0.1) is 0 Å². The molecule has 0 aliphatic carbocycles. The van der Waals surface area contributed by atoms with Crippen LogP contribution >= 0.6 is 11.6 Å². The third kappa shape index (κ3) is 3.00. The van der Waals surface area contributed by atoms with Gasteiger partial charge in [0.15, 0.2) is 0 Å². The molecule has 0 saturated carbocycles. The predicted octanol–water partition coefficient (Wildman–Crippen LogP) is 2.15. The summed E-state index contributed by atoms with van der Waals surface area (Å²) in [4.78, 5) is 12.0. The van der Waals surface area contributed by atoms with E-state index in [1.165, 1.54) is 0 Å². The van der Waals surface area contributed by atoms with Gasteiger partial charge in [-0.1, -0.05) is 11.6 Å². The molecule has 1 aromatic carbocycles. The van der Waals surface area contributed by atoms with E-state index in [0.29, 0.717) is 22.8 Å². The third-order valence-corrected chi connectivity index (χ3v) is 3.34. The molecule has 1 atom stereocenters. The van der Waals surface area contributed by atoms with E-state index in [9.17, 15) is 4.79 Å². The summed E-state index contributed by atoms with van der Waals surface area (Å²) in [7, 11) is 0. The van der Waals surface area contributed by atoms with E-state index in [4.69, 9.17) is 16.9 Å². The van der Waals surface area contributed by atoms with E-state index >= 15 is 0 Å². The highest BCUT2D eigenvalue weighted by molar-refractivity contribution is 6.33. The van der Waals surface area contributed by atoms with Gasteiger partial charge >= 0.3 is 0 Å². The summed E-state index contributed by atoms with van der Waals surface area (Å²) < 4.78 is 0. The molecule has 1 aliphatic heterocycles. The van der Waals surface area contributed by atoms with E-state index in [1.807, 2.05) is 6.07 Å². The lowest BCUT2D eigenvalue weighted by Crippen LogP contribution is -2.37. The number of nitrogens with one attached hydrogen (secondary N) is 2. The van der Waals surface area contributed by atoms with E-state index in [1.54, 1.807) is 18.2 Å². The predicted molar refractivity (Wildman–Crippen MR) is 70.4 cm³/mol. The van der Waals surface area contributed by atoms with Crippen LogP contribution in [0.3, 0.4) is 0 Å². The highest BCUT2D eigenvalue weighted by Gasteiger charge is 2.21. The summed E-state index contributed by atoms with van der Waals surface area (Å²) >= 11 is 6.01. The maximum Gasteiger partial charge on any atom is 0.228 e. The second-order valence-corrected chi connectivity index (χ2v) is 4.75. The second-order valence-electron chi connectivity index (χ2n) is 4.34. The van der Waals surface area contributed by atoms with Crippen LogP contribution in [0.25, 0.3) is 0 Å². The molecule has 1 amide bonds. The van der Waals surface area contributed by atoms with Crippen molar-refractivity contribution < 1.29 is 4.79 Å². The Hall–Kier alpha value is -1.57. The molecule has 2 rings (SSSR count). The van der Waals surface area contributed by atoms with Gasteiger partial charge in [-0.05, 0) is 37.6 Å². The molecule has 1 heterocycles. The minimum absolute atomic E-state index is 0.00883. The Morgan fingerprint density at radius 3 is 3.00 bits per heavy atom. The summed E-state index contributed by atoms with van der Waals surface area (Å²) in [6.45, 7) is 1.68. The zero-order valence-electron chi connectivity index (χ0n) is 9.87. The molecule has 1 fully saturated rings. The number of carbonyl (C=O) groups excluding carboxylic acids is 1. The van der Waals surface area contributed by atoms with Crippen molar-refractivity contribution in [1.82, 2.24) is 5.32 Å². The second kappa shape index (κ2) is 5.85. The maximum atomic E-state index is 12.0. The summed E-state index contributed by atoms with van der Waals surface area (Å²) in [5.41, 5.74) is 1.04. The van der Waals surface area contributed by atoms with Crippen molar-refractivity contribution in [2.24, 2.45) is 5.92 Å². The van der Waals surface area contributed by atoms with Crippen molar-refractivity contribution >= 4 is 23.2 Å². The number of nitriles is 1. The Labute approximate surface area is 111 Å². The molecule has 1 aromatic rings. The molecule has 4 nitrogen and oxygen atoms in total. The number of anilines is 1. The monoisotopic (exact) mass is 263 g/mol. The van der Waals surface area contributed by atoms with Crippen molar-refractivity contribution in [2.75, 3.05) is 18.4 Å². The van der Waals surface area contributed by atoms with Gasteiger partial charge in [0.2, 0.25) is 5.91 Å². The van der Waals surface area contributed by atoms with Gasteiger partial charge < -0.3 is 10.6 Å². The number of carbonyl (C=O) groups is 1. The quantitative estimate of drug-likeness (QED) is 0.859. The largest absolute Gasteiger partial charge is 0.324 e. The smallest absolute Gasteiger partial charge is 0.228 e. The molecule has 0 bridgehead atoms. The Kier molecular flexibility index (Phi) is 4.19.